The minimum absolute atomic E-state index is 0.261. The van der Waals surface area contributed by atoms with E-state index >= 15 is 0 Å². The Labute approximate surface area is 82.3 Å². The SMILES string of the molecule is Nc1noc([C@H]2CN3CCC2CC3)n1. The van der Waals surface area contributed by atoms with E-state index in [2.05, 4.69) is 15.0 Å². The average molecular weight is 194 g/mol. The first-order valence-electron chi connectivity index (χ1n) is 5.14. The summed E-state index contributed by atoms with van der Waals surface area (Å²) in [6, 6.07) is 0. The molecule has 3 aliphatic heterocycles. The topological polar surface area (TPSA) is 68.2 Å². The maximum atomic E-state index is 5.45. The number of rotatable bonds is 1. The van der Waals surface area contributed by atoms with Crippen LogP contribution in [0.25, 0.3) is 0 Å². The summed E-state index contributed by atoms with van der Waals surface area (Å²) in [6.45, 7) is 3.52. The Morgan fingerprint density at radius 1 is 1.36 bits per heavy atom. The highest BCUT2D eigenvalue weighted by atomic mass is 16.5. The molecule has 3 aliphatic rings. The third-order valence-corrected chi connectivity index (χ3v) is 3.43. The fourth-order valence-electron chi connectivity index (χ4n) is 2.64. The van der Waals surface area contributed by atoms with Crippen LogP contribution in [-0.2, 0) is 0 Å². The smallest absolute Gasteiger partial charge is 0.260 e. The van der Waals surface area contributed by atoms with Gasteiger partial charge in [-0.1, -0.05) is 0 Å². The highest BCUT2D eigenvalue weighted by Gasteiger charge is 2.37. The Morgan fingerprint density at radius 3 is 2.64 bits per heavy atom. The molecule has 0 saturated carbocycles. The number of piperidine rings is 3. The van der Waals surface area contributed by atoms with Crippen LogP contribution in [0.2, 0.25) is 0 Å². The van der Waals surface area contributed by atoms with Crippen molar-refractivity contribution in [2.75, 3.05) is 25.4 Å². The van der Waals surface area contributed by atoms with Gasteiger partial charge < -0.3 is 15.2 Å². The lowest BCUT2D eigenvalue weighted by Crippen LogP contribution is -2.46. The Balaban J connectivity index is 1.85. The number of anilines is 1. The summed E-state index contributed by atoms with van der Waals surface area (Å²) < 4.78 is 5.14. The molecule has 0 unspecified atom stereocenters. The summed E-state index contributed by atoms with van der Waals surface area (Å²) >= 11 is 0. The molecule has 14 heavy (non-hydrogen) atoms. The molecule has 5 heteroatoms. The number of hydrogen-bond acceptors (Lipinski definition) is 5. The van der Waals surface area contributed by atoms with Crippen LogP contribution >= 0.6 is 0 Å². The fraction of sp³-hybridized carbons (Fsp3) is 0.778. The predicted molar refractivity (Wildman–Crippen MR) is 50.6 cm³/mol. The molecular formula is C9H14N4O. The molecular weight excluding hydrogens is 180 g/mol. The number of nitrogens with zero attached hydrogens (tertiary/aromatic N) is 3. The van der Waals surface area contributed by atoms with Crippen LogP contribution in [0, 0.1) is 5.92 Å². The first-order valence-corrected chi connectivity index (χ1v) is 5.14. The van der Waals surface area contributed by atoms with Crippen LogP contribution < -0.4 is 5.73 Å². The van der Waals surface area contributed by atoms with Crippen LogP contribution in [0.5, 0.6) is 0 Å². The van der Waals surface area contributed by atoms with Gasteiger partial charge in [0, 0.05) is 6.54 Å². The van der Waals surface area contributed by atoms with Crippen LogP contribution in [0.15, 0.2) is 4.52 Å². The standard InChI is InChI=1S/C9H14N4O/c10-9-11-8(14-12-9)7-5-13-3-1-6(7)2-4-13/h6-7H,1-5H2,(H2,10,12)/t7-/m0/s1. The van der Waals surface area contributed by atoms with Gasteiger partial charge in [0.15, 0.2) is 0 Å². The second kappa shape index (κ2) is 2.95. The third kappa shape index (κ3) is 1.19. The maximum absolute atomic E-state index is 5.45. The van der Waals surface area contributed by atoms with Gasteiger partial charge in [-0.25, -0.2) is 0 Å². The number of hydrogen-bond donors (Lipinski definition) is 1. The van der Waals surface area contributed by atoms with Crippen molar-refractivity contribution in [3.05, 3.63) is 5.89 Å². The van der Waals surface area contributed by atoms with E-state index in [0.717, 1.165) is 18.4 Å². The molecule has 2 bridgehead atoms. The van der Waals surface area contributed by atoms with Crippen molar-refractivity contribution in [2.24, 2.45) is 5.92 Å². The first-order chi connectivity index (χ1) is 6.83. The van der Waals surface area contributed by atoms with Crippen molar-refractivity contribution < 1.29 is 4.52 Å². The van der Waals surface area contributed by atoms with Gasteiger partial charge in [0.05, 0.1) is 5.92 Å². The van der Waals surface area contributed by atoms with Gasteiger partial charge in [-0.15, -0.1) is 0 Å². The van der Waals surface area contributed by atoms with E-state index in [-0.39, 0.29) is 5.95 Å². The summed E-state index contributed by atoms with van der Waals surface area (Å²) in [5, 5.41) is 3.65. The van der Waals surface area contributed by atoms with Crippen molar-refractivity contribution in [1.82, 2.24) is 15.0 Å². The van der Waals surface area contributed by atoms with Gasteiger partial charge in [0.2, 0.25) is 5.89 Å². The molecule has 0 aromatic carbocycles. The summed E-state index contributed by atoms with van der Waals surface area (Å²) in [5.74, 6) is 2.13. The summed E-state index contributed by atoms with van der Waals surface area (Å²) in [6.07, 6.45) is 2.51. The molecule has 0 radical (unpaired) electrons. The minimum atomic E-state index is 0.261. The molecule has 0 spiro atoms. The second-order valence-electron chi connectivity index (χ2n) is 4.24. The highest BCUT2D eigenvalue weighted by Crippen LogP contribution is 2.38. The molecule has 0 amide bonds. The molecule has 76 valence electrons. The number of aromatic nitrogens is 2. The van der Waals surface area contributed by atoms with Gasteiger partial charge in [-0.3, -0.25) is 0 Å². The molecule has 1 aromatic rings. The lowest BCUT2D eigenvalue weighted by atomic mass is 9.79. The first kappa shape index (κ1) is 8.23. The van der Waals surface area contributed by atoms with Crippen LogP contribution in [0.3, 0.4) is 0 Å². The van der Waals surface area contributed by atoms with Gasteiger partial charge in [0.25, 0.3) is 5.95 Å². The lowest BCUT2D eigenvalue weighted by molar-refractivity contribution is 0.0727. The zero-order chi connectivity index (χ0) is 9.54. The third-order valence-electron chi connectivity index (χ3n) is 3.43. The van der Waals surface area contributed by atoms with Crippen molar-refractivity contribution in [2.45, 2.75) is 18.8 Å². The Morgan fingerprint density at radius 2 is 2.14 bits per heavy atom. The monoisotopic (exact) mass is 194 g/mol. The molecule has 1 atom stereocenters. The zero-order valence-corrected chi connectivity index (χ0v) is 8.02. The van der Waals surface area contributed by atoms with Gasteiger partial charge in [-0.05, 0) is 37.0 Å². The van der Waals surface area contributed by atoms with E-state index in [9.17, 15) is 0 Å². The Bertz CT molecular complexity index is 329. The van der Waals surface area contributed by atoms with E-state index in [0.29, 0.717) is 5.92 Å². The zero-order valence-electron chi connectivity index (χ0n) is 8.02. The summed E-state index contributed by atoms with van der Waals surface area (Å²) in [7, 11) is 0. The summed E-state index contributed by atoms with van der Waals surface area (Å²) in [5.41, 5.74) is 5.45. The number of fused-ring (bicyclic) bond motifs is 3. The lowest BCUT2D eigenvalue weighted by Gasteiger charge is -2.43. The second-order valence-corrected chi connectivity index (χ2v) is 4.24. The molecule has 4 rings (SSSR count). The van der Waals surface area contributed by atoms with Gasteiger partial charge in [0.1, 0.15) is 0 Å². The quantitative estimate of drug-likeness (QED) is 0.703. The molecule has 1 aromatic heterocycles. The van der Waals surface area contributed by atoms with Crippen molar-refractivity contribution in [3.63, 3.8) is 0 Å². The largest absolute Gasteiger partial charge is 0.365 e. The highest BCUT2D eigenvalue weighted by molar-refractivity contribution is 5.14. The number of nitrogens with two attached hydrogens (primary N) is 1. The number of nitrogen functional groups attached to an aromatic ring is 1. The van der Waals surface area contributed by atoms with Crippen molar-refractivity contribution in [3.8, 4) is 0 Å². The van der Waals surface area contributed by atoms with E-state index < -0.39 is 0 Å². The summed E-state index contributed by atoms with van der Waals surface area (Å²) in [4.78, 5) is 6.59. The maximum Gasteiger partial charge on any atom is 0.260 e. The van der Waals surface area contributed by atoms with Gasteiger partial charge >= 0.3 is 0 Å². The van der Waals surface area contributed by atoms with E-state index in [1.807, 2.05) is 0 Å². The van der Waals surface area contributed by atoms with Crippen LogP contribution in [-0.4, -0.2) is 34.7 Å². The van der Waals surface area contributed by atoms with Crippen molar-refractivity contribution in [1.29, 1.82) is 0 Å². The normalized spacial score (nSPS) is 36.1. The van der Waals surface area contributed by atoms with E-state index in [1.54, 1.807) is 0 Å². The average Bonchev–Trinajstić information content (AvgIpc) is 2.66. The van der Waals surface area contributed by atoms with Crippen LogP contribution in [0.4, 0.5) is 5.95 Å². The Hall–Kier alpha value is -1.10. The van der Waals surface area contributed by atoms with Crippen LogP contribution in [0.1, 0.15) is 24.7 Å². The molecule has 3 saturated heterocycles. The molecule has 4 heterocycles. The minimum Gasteiger partial charge on any atom is -0.365 e. The van der Waals surface area contributed by atoms with Gasteiger partial charge in [-0.2, -0.15) is 4.98 Å². The molecule has 5 nitrogen and oxygen atoms in total. The molecule has 2 N–H and O–H groups in total. The Kier molecular flexibility index (Phi) is 1.73. The predicted octanol–water partition coefficient (Wildman–Crippen LogP) is 0.461. The fourth-order valence-corrected chi connectivity index (χ4v) is 2.64. The van der Waals surface area contributed by atoms with E-state index in [4.69, 9.17) is 10.3 Å². The molecule has 0 aliphatic carbocycles. The van der Waals surface area contributed by atoms with E-state index in [1.165, 1.54) is 25.9 Å². The molecule has 3 fully saturated rings. The van der Waals surface area contributed by atoms with Crippen molar-refractivity contribution >= 4 is 5.95 Å².